The van der Waals surface area contributed by atoms with Gasteiger partial charge in [-0.2, -0.15) is 0 Å². The monoisotopic (exact) mass is 193 g/mol. The summed E-state index contributed by atoms with van der Waals surface area (Å²) in [5.74, 6) is 0. The van der Waals surface area contributed by atoms with Gasteiger partial charge in [0.1, 0.15) is 0 Å². The average Bonchev–Trinajstić information content (AvgIpc) is 2.45. The highest BCUT2D eigenvalue weighted by Crippen LogP contribution is 2.02. The number of hydrogen-bond acceptors (Lipinski definition) is 2. The molecular formula is C10H15N3O. The van der Waals surface area contributed by atoms with E-state index in [1.165, 1.54) is 11.0 Å². The maximum Gasteiger partial charge on any atom is 0.327 e. The molecule has 0 aliphatic rings. The minimum atomic E-state index is -0.126. The van der Waals surface area contributed by atoms with E-state index in [0.717, 1.165) is 5.52 Å². The first-order valence-corrected chi connectivity index (χ1v) is 4.70. The number of rotatable bonds is 0. The van der Waals surface area contributed by atoms with Crippen molar-refractivity contribution in [2.45, 2.75) is 20.3 Å². The number of imidazole rings is 1. The molecule has 0 aromatic carbocycles. The van der Waals surface area contributed by atoms with E-state index < -0.39 is 0 Å². The SMILES string of the molecule is CCC.Cn1c(=O)[nH]c2ncccc21. The number of pyridine rings is 1. The van der Waals surface area contributed by atoms with Crippen molar-refractivity contribution in [2.75, 3.05) is 0 Å². The molecule has 0 radical (unpaired) electrons. The Bertz CT molecular complexity index is 456. The van der Waals surface area contributed by atoms with Gasteiger partial charge in [-0.3, -0.25) is 9.55 Å². The number of aromatic nitrogens is 3. The Labute approximate surface area is 82.6 Å². The third-order valence-corrected chi connectivity index (χ3v) is 1.68. The molecule has 0 aliphatic heterocycles. The summed E-state index contributed by atoms with van der Waals surface area (Å²) in [6, 6.07) is 3.65. The lowest BCUT2D eigenvalue weighted by Gasteiger charge is -1.88. The second kappa shape index (κ2) is 4.60. The summed E-state index contributed by atoms with van der Waals surface area (Å²) in [4.78, 5) is 17.6. The molecule has 0 fully saturated rings. The third-order valence-electron chi connectivity index (χ3n) is 1.68. The smallest absolute Gasteiger partial charge is 0.294 e. The van der Waals surface area contributed by atoms with Gasteiger partial charge in [-0.05, 0) is 12.1 Å². The van der Waals surface area contributed by atoms with Crippen molar-refractivity contribution in [3.8, 4) is 0 Å². The molecule has 2 aromatic rings. The lowest BCUT2D eigenvalue weighted by molar-refractivity contribution is 0.891. The average molecular weight is 193 g/mol. The fourth-order valence-corrected chi connectivity index (χ4v) is 1.06. The molecule has 0 amide bonds. The summed E-state index contributed by atoms with van der Waals surface area (Å²) >= 11 is 0. The van der Waals surface area contributed by atoms with Crippen LogP contribution in [0.15, 0.2) is 23.1 Å². The van der Waals surface area contributed by atoms with Crippen LogP contribution in [0.25, 0.3) is 11.2 Å². The van der Waals surface area contributed by atoms with Crippen LogP contribution >= 0.6 is 0 Å². The van der Waals surface area contributed by atoms with Crippen LogP contribution in [-0.4, -0.2) is 14.5 Å². The molecule has 2 heterocycles. The van der Waals surface area contributed by atoms with E-state index in [0.29, 0.717) is 5.65 Å². The zero-order valence-corrected chi connectivity index (χ0v) is 8.74. The minimum absolute atomic E-state index is 0.126. The van der Waals surface area contributed by atoms with E-state index in [4.69, 9.17) is 0 Å². The van der Waals surface area contributed by atoms with Gasteiger partial charge in [0, 0.05) is 13.2 Å². The zero-order valence-electron chi connectivity index (χ0n) is 8.74. The molecule has 0 unspecified atom stereocenters. The normalized spacial score (nSPS) is 9.64. The predicted octanol–water partition coefficient (Wildman–Crippen LogP) is 1.68. The molecule has 0 spiro atoms. The molecule has 76 valence electrons. The standard InChI is InChI=1S/C7H7N3O.C3H8/c1-10-5-3-2-4-8-6(5)9-7(10)11;1-3-2/h2-4H,1H3,(H,8,9,11);3H2,1-2H3. The van der Waals surface area contributed by atoms with Crippen molar-refractivity contribution < 1.29 is 0 Å². The summed E-state index contributed by atoms with van der Waals surface area (Å²) < 4.78 is 1.53. The van der Waals surface area contributed by atoms with Crippen molar-refractivity contribution in [2.24, 2.45) is 7.05 Å². The Hall–Kier alpha value is -1.58. The molecule has 2 aromatic heterocycles. The number of fused-ring (bicyclic) bond motifs is 1. The van der Waals surface area contributed by atoms with E-state index in [-0.39, 0.29) is 5.69 Å². The van der Waals surface area contributed by atoms with Gasteiger partial charge < -0.3 is 0 Å². The summed E-state index contributed by atoms with van der Waals surface area (Å²) in [6.07, 6.45) is 2.90. The lowest BCUT2D eigenvalue weighted by Crippen LogP contribution is -2.11. The summed E-state index contributed by atoms with van der Waals surface area (Å²) in [5.41, 5.74) is 1.34. The molecule has 14 heavy (non-hydrogen) atoms. The summed E-state index contributed by atoms with van der Waals surface area (Å²) in [5, 5.41) is 0. The first kappa shape index (κ1) is 10.5. The number of hydrogen-bond donors (Lipinski definition) is 1. The number of H-pyrrole nitrogens is 1. The Morgan fingerprint density at radius 2 is 2.14 bits per heavy atom. The lowest BCUT2D eigenvalue weighted by atomic mass is 10.4. The highest BCUT2D eigenvalue weighted by molar-refractivity contribution is 5.69. The van der Waals surface area contributed by atoms with Crippen LogP contribution in [0.4, 0.5) is 0 Å². The highest BCUT2D eigenvalue weighted by atomic mass is 16.1. The van der Waals surface area contributed by atoms with Crippen molar-refractivity contribution in [1.82, 2.24) is 14.5 Å². The molecule has 0 saturated carbocycles. The van der Waals surface area contributed by atoms with Crippen LogP contribution in [0.2, 0.25) is 0 Å². The summed E-state index contributed by atoms with van der Waals surface area (Å²) in [7, 11) is 1.71. The van der Waals surface area contributed by atoms with Crippen molar-refractivity contribution in [3.05, 3.63) is 28.8 Å². The Morgan fingerprint density at radius 3 is 2.71 bits per heavy atom. The van der Waals surface area contributed by atoms with Gasteiger partial charge in [0.15, 0.2) is 5.65 Å². The van der Waals surface area contributed by atoms with Gasteiger partial charge in [-0.15, -0.1) is 0 Å². The van der Waals surface area contributed by atoms with E-state index in [1.807, 2.05) is 6.07 Å². The van der Waals surface area contributed by atoms with E-state index in [2.05, 4.69) is 23.8 Å². The first-order valence-electron chi connectivity index (χ1n) is 4.70. The van der Waals surface area contributed by atoms with E-state index >= 15 is 0 Å². The summed E-state index contributed by atoms with van der Waals surface area (Å²) in [6.45, 7) is 4.25. The van der Waals surface area contributed by atoms with Crippen molar-refractivity contribution in [1.29, 1.82) is 0 Å². The van der Waals surface area contributed by atoms with Gasteiger partial charge in [0.2, 0.25) is 0 Å². The molecule has 0 bridgehead atoms. The molecule has 4 heteroatoms. The highest BCUT2D eigenvalue weighted by Gasteiger charge is 2.00. The molecule has 0 atom stereocenters. The number of aryl methyl sites for hydroxylation is 1. The second-order valence-electron chi connectivity index (χ2n) is 3.07. The van der Waals surface area contributed by atoms with Gasteiger partial charge in [0.05, 0.1) is 5.52 Å². The van der Waals surface area contributed by atoms with Gasteiger partial charge in [-0.1, -0.05) is 20.3 Å². The number of nitrogens with one attached hydrogen (secondary N) is 1. The fraction of sp³-hybridized carbons (Fsp3) is 0.400. The zero-order chi connectivity index (χ0) is 10.6. The minimum Gasteiger partial charge on any atom is -0.294 e. The quantitative estimate of drug-likeness (QED) is 0.692. The van der Waals surface area contributed by atoms with Crippen LogP contribution in [0, 0.1) is 0 Å². The van der Waals surface area contributed by atoms with Gasteiger partial charge in [0.25, 0.3) is 0 Å². The Balaban J connectivity index is 0.000000293. The van der Waals surface area contributed by atoms with Crippen LogP contribution < -0.4 is 5.69 Å². The number of nitrogens with zero attached hydrogens (tertiary/aromatic N) is 2. The molecule has 0 saturated heterocycles. The Kier molecular flexibility index (Phi) is 3.45. The van der Waals surface area contributed by atoms with Crippen molar-refractivity contribution >= 4 is 11.2 Å². The second-order valence-corrected chi connectivity index (χ2v) is 3.07. The molecular weight excluding hydrogens is 178 g/mol. The van der Waals surface area contributed by atoms with Gasteiger partial charge in [-0.25, -0.2) is 9.78 Å². The maximum absolute atomic E-state index is 11.0. The third kappa shape index (κ3) is 2.02. The van der Waals surface area contributed by atoms with Crippen LogP contribution in [0.1, 0.15) is 20.3 Å². The molecule has 1 N–H and O–H groups in total. The van der Waals surface area contributed by atoms with E-state index in [1.54, 1.807) is 19.3 Å². The largest absolute Gasteiger partial charge is 0.327 e. The molecule has 4 nitrogen and oxygen atoms in total. The van der Waals surface area contributed by atoms with Gasteiger partial charge >= 0.3 is 5.69 Å². The molecule has 2 rings (SSSR count). The van der Waals surface area contributed by atoms with E-state index in [9.17, 15) is 4.79 Å². The van der Waals surface area contributed by atoms with Crippen molar-refractivity contribution in [3.63, 3.8) is 0 Å². The first-order chi connectivity index (χ1) is 6.70. The maximum atomic E-state index is 11.0. The predicted molar refractivity (Wildman–Crippen MR) is 57.3 cm³/mol. The Morgan fingerprint density at radius 1 is 1.50 bits per heavy atom. The van der Waals surface area contributed by atoms with Crippen LogP contribution in [0.5, 0.6) is 0 Å². The topological polar surface area (TPSA) is 50.7 Å². The van der Waals surface area contributed by atoms with Crippen LogP contribution in [-0.2, 0) is 7.05 Å². The number of aromatic amines is 1. The molecule has 0 aliphatic carbocycles. The fourth-order valence-electron chi connectivity index (χ4n) is 1.06. The van der Waals surface area contributed by atoms with Crippen LogP contribution in [0.3, 0.4) is 0 Å².